The number of carboxylic acid groups (broad SMARTS) is 1. The van der Waals surface area contributed by atoms with Gasteiger partial charge in [-0.05, 0) is 27.7 Å². The molecule has 0 saturated carbocycles. The first-order chi connectivity index (χ1) is 9.76. The highest BCUT2D eigenvalue weighted by molar-refractivity contribution is 5.80. The molecule has 1 aromatic heterocycles. The van der Waals surface area contributed by atoms with Crippen LogP contribution in [-0.2, 0) is 16.0 Å². The van der Waals surface area contributed by atoms with Gasteiger partial charge in [0.1, 0.15) is 0 Å². The zero-order valence-electron chi connectivity index (χ0n) is 12.8. The quantitative estimate of drug-likeness (QED) is 0.801. The minimum absolute atomic E-state index is 0.0958. The van der Waals surface area contributed by atoms with Crippen molar-refractivity contribution in [3.8, 4) is 0 Å². The molecule has 1 heterocycles. The number of likely N-dealkylation sites (N-methyl/N-ethyl adjacent to an activating group) is 1. The molecule has 0 fully saturated rings. The first-order valence-corrected chi connectivity index (χ1v) is 6.83. The summed E-state index contributed by atoms with van der Waals surface area (Å²) in [6.45, 7) is 7.35. The highest BCUT2D eigenvalue weighted by Gasteiger charge is 2.22. The van der Waals surface area contributed by atoms with E-state index in [4.69, 9.17) is 5.11 Å². The molecule has 0 saturated heterocycles. The second kappa shape index (κ2) is 7.01. The summed E-state index contributed by atoms with van der Waals surface area (Å²) in [4.78, 5) is 42.3. The van der Waals surface area contributed by atoms with Crippen molar-refractivity contribution in [3.05, 3.63) is 27.4 Å². The van der Waals surface area contributed by atoms with E-state index >= 15 is 0 Å². The van der Waals surface area contributed by atoms with Gasteiger partial charge in [-0.15, -0.1) is 0 Å². The summed E-state index contributed by atoms with van der Waals surface area (Å²) in [5.41, 5.74) is 1.38. The predicted molar refractivity (Wildman–Crippen MR) is 77.1 cm³/mol. The Labute approximate surface area is 123 Å². The fourth-order valence-electron chi connectivity index (χ4n) is 2.36. The normalized spacial score (nSPS) is 12.0. The number of aromatic amines is 1. The van der Waals surface area contributed by atoms with E-state index in [-0.39, 0.29) is 24.8 Å². The number of hydrogen-bond donors (Lipinski definition) is 2. The molecule has 116 valence electrons. The second-order valence-corrected chi connectivity index (χ2v) is 5.03. The van der Waals surface area contributed by atoms with Crippen molar-refractivity contribution in [1.29, 1.82) is 0 Å². The van der Waals surface area contributed by atoms with E-state index in [1.807, 2.05) is 0 Å². The average molecular weight is 295 g/mol. The van der Waals surface area contributed by atoms with Crippen LogP contribution in [0.1, 0.15) is 37.2 Å². The number of H-pyrrole nitrogens is 1. The van der Waals surface area contributed by atoms with E-state index in [9.17, 15) is 14.4 Å². The first kappa shape index (κ1) is 16.9. The molecule has 0 bridgehead atoms. The Balaban J connectivity index is 2.93. The number of hydrogen-bond acceptors (Lipinski definition) is 4. The molecule has 1 amide bonds. The number of aryl methyl sites for hydroxylation is 2. The van der Waals surface area contributed by atoms with E-state index in [0.717, 1.165) is 0 Å². The van der Waals surface area contributed by atoms with E-state index in [1.54, 1.807) is 27.7 Å². The predicted octanol–water partition coefficient (Wildman–Crippen LogP) is 0.641. The molecule has 7 nitrogen and oxygen atoms in total. The minimum atomic E-state index is -0.938. The topological polar surface area (TPSA) is 103 Å². The molecule has 1 rings (SSSR count). The molecule has 0 aliphatic heterocycles. The maximum Gasteiger partial charge on any atom is 0.345 e. The summed E-state index contributed by atoms with van der Waals surface area (Å²) in [5, 5.41) is 8.83. The van der Waals surface area contributed by atoms with Gasteiger partial charge in [0.2, 0.25) is 5.91 Å². The maximum absolute atomic E-state index is 12.4. The molecule has 0 aliphatic rings. The number of nitrogens with one attached hydrogen (secondary N) is 1. The molecule has 0 spiro atoms. The number of aliphatic carboxylic acids is 1. The second-order valence-electron chi connectivity index (χ2n) is 5.03. The van der Waals surface area contributed by atoms with Crippen molar-refractivity contribution in [2.24, 2.45) is 0 Å². The number of amides is 1. The van der Waals surface area contributed by atoms with E-state index < -0.39 is 11.7 Å². The molecule has 21 heavy (non-hydrogen) atoms. The van der Waals surface area contributed by atoms with Crippen LogP contribution in [0.15, 0.2) is 4.79 Å². The van der Waals surface area contributed by atoms with Crippen molar-refractivity contribution in [2.45, 2.75) is 46.6 Å². The van der Waals surface area contributed by atoms with Crippen LogP contribution in [0.5, 0.6) is 0 Å². The SMILES string of the molecule is CCN(C(=O)Cc1c(C)nc(=O)[nH]c1C)C(C)CC(=O)O. The Morgan fingerprint density at radius 2 is 2.00 bits per heavy atom. The van der Waals surface area contributed by atoms with Gasteiger partial charge in [0.25, 0.3) is 0 Å². The largest absolute Gasteiger partial charge is 0.481 e. The van der Waals surface area contributed by atoms with Gasteiger partial charge in [0.05, 0.1) is 12.8 Å². The van der Waals surface area contributed by atoms with Crippen LogP contribution in [0.4, 0.5) is 0 Å². The minimum Gasteiger partial charge on any atom is -0.481 e. The Kier molecular flexibility index (Phi) is 5.63. The Bertz CT molecular complexity index is 568. The number of carboxylic acids is 1. The number of rotatable bonds is 6. The standard InChI is InChI=1S/C14H21N3O4/c1-5-17(8(2)6-13(19)20)12(18)7-11-9(3)15-14(21)16-10(11)4/h8H,5-7H2,1-4H3,(H,19,20)(H,15,16,21). The zero-order valence-corrected chi connectivity index (χ0v) is 12.8. The smallest absolute Gasteiger partial charge is 0.345 e. The summed E-state index contributed by atoms with van der Waals surface area (Å²) in [5.74, 6) is -1.11. The zero-order chi connectivity index (χ0) is 16.2. The number of carbonyl (C=O) groups is 2. The highest BCUT2D eigenvalue weighted by Crippen LogP contribution is 2.12. The monoisotopic (exact) mass is 295 g/mol. The fraction of sp³-hybridized carbons (Fsp3) is 0.571. The van der Waals surface area contributed by atoms with Gasteiger partial charge in [0, 0.05) is 29.5 Å². The lowest BCUT2D eigenvalue weighted by molar-refractivity contribution is -0.140. The van der Waals surface area contributed by atoms with Crippen LogP contribution >= 0.6 is 0 Å². The molecule has 1 atom stereocenters. The summed E-state index contributed by atoms with van der Waals surface area (Å²) in [6, 6.07) is -0.378. The first-order valence-electron chi connectivity index (χ1n) is 6.83. The lowest BCUT2D eigenvalue weighted by Crippen LogP contribution is -2.40. The van der Waals surface area contributed by atoms with Gasteiger partial charge in [-0.3, -0.25) is 9.59 Å². The van der Waals surface area contributed by atoms with Crippen molar-refractivity contribution < 1.29 is 14.7 Å². The lowest BCUT2D eigenvalue weighted by atomic mass is 10.1. The molecule has 7 heteroatoms. The van der Waals surface area contributed by atoms with Crippen molar-refractivity contribution in [2.75, 3.05) is 6.54 Å². The summed E-state index contributed by atoms with van der Waals surface area (Å²) >= 11 is 0. The van der Waals surface area contributed by atoms with Crippen molar-refractivity contribution >= 4 is 11.9 Å². The third-order valence-electron chi connectivity index (χ3n) is 3.44. The van der Waals surface area contributed by atoms with Crippen LogP contribution in [0.3, 0.4) is 0 Å². The molecule has 0 aliphatic carbocycles. The van der Waals surface area contributed by atoms with Crippen LogP contribution in [0.2, 0.25) is 0 Å². The fourth-order valence-corrected chi connectivity index (χ4v) is 2.36. The van der Waals surface area contributed by atoms with E-state index in [0.29, 0.717) is 23.5 Å². The molecular formula is C14H21N3O4. The van der Waals surface area contributed by atoms with Crippen LogP contribution in [0, 0.1) is 13.8 Å². The Morgan fingerprint density at radius 1 is 1.38 bits per heavy atom. The van der Waals surface area contributed by atoms with Gasteiger partial charge in [-0.2, -0.15) is 4.98 Å². The van der Waals surface area contributed by atoms with Gasteiger partial charge in [-0.25, -0.2) is 4.79 Å². The number of nitrogens with zero attached hydrogens (tertiary/aromatic N) is 2. The third kappa shape index (κ3) is 4.40. The molecule has 0 radical (unpaired) electrons. The van der Waals surface area contributed by atoms with Crippen LogP contribution in [-0.4, -0.2) is 44.4 Å². The summed E-state index contributed by atoms with van der Waals surface area (Å²) < 4.78 is 0. The average Bonchev–Trinajstić information content (AvgIpc) is 2.33. The van der Waals surface area contributed by atoms with Gasteiger partial charge in [-0.1, -0.05) is 0 Å². The van der Waals surface area contributed by atoms with Crippen molar-refractivity contribution in [3.63, 3.8) is 0 Å². The Hall–Kier alpha value is -2.18. The molecular weight excluding hydrogens is 274 g/mol. The summed E-state index contributed by atoms with van der Waals surface area (Å²) in [6.07, 6.45) is 0.000658. The van der Waals surface area contributed by atoms with Gasteiger partial charge < -0.3 is 15.0 Å². The lowest BCUT2D eigenvalue weighted by Gasteiger charge is -2.27. The highest BCUT2D eigenvalue weighted by atomic mass is 16.4. The number of aromatic nitrogens is 2. The molecule has 1 unspecified atom stereocenters. The molecule has 0 aromatic carbocycles. The summed E-state index contributed by atoms with van der Waals surface area (Å²) in [7, 11) is 0. The van der Waals surface area contributed by atoms with Gasteiger partial charge >= 0.3 is 11.7 Å². The van der Waals surface area contributed by atoms with E-state index in [2.05, 4.69) is 9.97 Å². The molecule has 1 aromatic rings. The third-order valence-corrected chi connectivity index (χ3v) is 3.44. The molecule has 2 N–H and O–H groups in total. The van der Waals surface area contributed by atoms with Crippen LogP contribution < -0.4 is 5.69 Å². The van der Waals surface area contributed by atoms with E-state index in [1.165, 1.54) is 4.90 Å². The maximum atomic E-state index is 12.4. The Morgan fingerprint density at radius 3 is 2.48 bits per heavy atom. The van der Waals surface area contributed by atoms with Crippen molar-refractivity contribution in [1.82, 2.24) is 14.9 Å². The van der Waals surface area contributed by atoms with Gasteiger partial charge in [0.15, 0.2) is 0 Å². The number of carbonyl (C=O) groups excluding carboxylic acids is 1. The van der Waals surface area contributed by atoms with Crippen LogP contribution in [0.25, 0.3) is 0 Å².